The molecule has 0 atom stereocenters. The van der Waals surface area contributed by atoms with E-state index in [9.17, 15) is 8.42 Å². The Kier molecular flexibility index (Phi) is 4.72. The molecule has 152 valence electrons. The van der Waals surface area contributed by atoms with Crippen LogP contribution in [0.1, 0.15) is 11.1 Å². The van der Waals surface area contributed by atoms with Gasteiger partial charge in [0.2, 0.25) is 0 Å². The van der Waals surface area contributed by atoms with Crippen molar-refractivity contribution in [2.45, 2.75) is 4.90 Å². The van der Waals surface area contributed by atoms with Crippen LogP contribution in [0.2, 0.25) is 0 Å². The molecular formula is C24H17N3O3S. The topological polar surface area (TPSA) is 84.9 Å². The van der Waals surface area contributed by atoms with E-state index >= 15 is 0 Å². The van der Waals surface area contributed by atoms with Crippen molar-refractivity contribution in [2.24, 2.45) is 0 Å². The molecule has 0 fully saturated rings. The Labute approximate surface area is 178 Å². The molecule has 0 aliphatic rings. The Morgan fingerprint density at radius 3 is 2.35 bits per heavy atom. The molecule has 0 aliphatic carbocycles. The van der Waals surface area contributed by atoms with Crippen molar-refractivity contribution < 1.29 is 12.6 Å². The molecule has 0 spiro atoms. The third kappa shape index (κ3) is 3.67. The Bertz CT molecular complexity index is 1520. The SMILES string of the molecule is O=S(=O)(Oc1cc2ccccc2c2n[nH]nc12)c1ccccc1C=Cc1ccccc1. The monoisotopic (exact) mass is 427 g/mol. The Morgan fingerprint density at radius 1 is 0.774 bits per heavy atom. The van der Waals surface area contributed by atoms with Crippen molar-refractivity contribution in [2.75, 3.05) is 0 Å². The summed E-state index contributed by atoms with van der Waals surface area (Å²) in [5, 5.41) is 12.5. The van der Waals surface area contributed by atoms with Crippen LogP contribution in [0, 0.1) is 0 Å². The first-order chi connectivity index (χ1) is 15.1. The average molecular weight is 427 g/mol. The lowest BCUT2D eigenvalue weighted by Gasteiger charge is -2.11. The maximum absolute atomic E-state index is 13.2. The van der Waals surface area contributed by atoms with Crippen LogP contribution in [0.3, 0.4) is 0 Å². The van der Waals surface area contributed by atoms with Gasteiger partial charge in [-0.05, 0) is 28.6 Å². The predicted molar refractivity (Wildman–Crippen MR) is 121 cm³/mol. The van der Waals surface area contributed by atoms with Gasteiger partial charge in [0.25, 0.3) is 0 Å². The van der Waals surface area contributed by atoms with Crippen LogP contribution >= 0.6 is 0 Å². The number of rotatable bonds is 5. The van der Waals surface area contributed by atoms with Gasteiger partial charge in [-0.3, -0.25) is 0 Å². The van der Waals surface area contributed by atoms with E-state index in [2.05, 4.69) is 15.4 Å². The van der Waals surface area contributed by atoms with Crippen LogP contribution in [0.25, 0.3) is 34.0 Å². The molecule has 5 rings (SSSR count). The van der Waals surface area contributed by atoms with Crippen molar-refractivity contribution in [1.82, 2.24) is 15.4 Å². The van der Waals surface area contributed by atoms with Gasteiger partial charge < -0.3 is 4.18 Å². The second kappa shape index (κ2) is 7.70. The summed E-state index contributed by atoms with van der Waals surface area (Å²) >= 11 is 0. The first-order valence-corrected chi connectivity index (χ1v) is 11.0. The number of hydrogen-bond acceptors (Lipinski definition) is 5. The summed E-state index contributed by atoms with van der Waals surface area (Å²) in [6, 6.07) is 25.6. The zero-order valence-electron chi connectivity index (χ0n) is 16.3. The number of nitrogens with one attached hydrogen (secondary N) is 1. The summed E-state index contributed by atoms with van der Waals surface area (Å²) in [6.45, 7) is 0. The third-order valence-corrected chi connectivity index (χ3v) is 6.24. The highest BCUT2D eigenvalue weighted by atomic mass is 32.2. The summed E-state index contributed by atoms with van der Waals surface area (Å²) in [5.41, 5.74) is 2.41. The van der Waals surface area contributed by atoms with Crippen molar-refractivity contribution in [3.8, 4) is 5.75 Å². The zero-order chi connectivity index (χ0) is 21.3. The highest BCUT2D eigenvalue weighted by Crippen LogP contribution is 2.33. The molecule has 1 aromatic heterocycles. The van der Waals surface area contributed by atoms with Gasteiger partial charge in [0.05, 0.1) is 0 Å². The van der Waals surface area contributed by atoms with Gasteiger partial charge in [-0.15, -0.1) is 0 Å². The van der Waals surface area contributed by atoms with Crippen molar-refractivity contribution >= 4 is 44.1 Å². The van der Waals surface area contributed by atoms with E-state index in [1.54, 1.807) is 30.3 Å². The molecular weight excluding hydrogens is 410 g/mol. The molecule has 0 radical (unpaired) electrons. The van der Waals surface area contributed by atoms with Gasteiger partial charge in [0.15, 0.2) is 11.3 Å². The van der Waals surface area contributed by atoms with Gasteiger partial charge in [-0.1, -0.05) is 84.9 Å². The second-order valence-corrected chi connectivity index (χ2v) is 8.45. The van der Waals surface area contributed by atoms with E-state index in [0.29, 0.717) is 16.6 Å². The lowest BCUT2D eigenvalue weighted by atomic mass is 10.1. The minimum absolute atomic E-state index is 0.0759. The fourth-order valence-corrected chi connectivity index (χ4v) is 4.58. The number of hydrogen-bond donors (Lipinski definition) is 1. The Morgan fingerprint density at radius 2 is 1.48 bits per heavy atom. The number of benzene rings is 4. The summed E-state index contributed by atoms with van der Waals surface area (Å²) in [5.74, 6) is 0.129. The highest BCUT2D eigenvalue weighted by molar-refractivity contribution is 7.87. The Hall–Kier alpha value is -3.97. The standard InChI is InChI=1S/C24H17N3O3S/c28-31(29,22-13-7-5-10-18(22)15-14-17-8-2-1-3-9-17)30-21-16-19-11-4-6-12-20(19)23-24(21)26-27-25-23/h1-16H,(H,25,26,27). The summed E-state index contributed by atoms with van der Waals surface area (Å²) in [4.78, 5) is 0.0759. The van der Waals surface area contributed by atoms with Crippen LogP contribution in [-0.4, -0.2) is 23.8 Å². The molecule has 7 heteroatoms. The lowest BCUT2D eigenvalue weighted by Crippen LogP contribution is -2.11. The molecule has 0 aliphatic heterocycles. The number of nitrogens with zero attached hydrogens (tertiary/aromatic N) is 2. The molecule has 31 heavy (non-hydrogen) atoms. The van der Waals surface area contributed by atoms with Crippen LogP contribution in [0.15, 0.2) is 89.8 Å². The molecule has 0 saturated carbocycles. The molecule has 4 aromatic carbocycles. The predicted octanol–water partition coefficient (Wildman–Crippen LogP) is 5.05. The summed E-state index contributed by atoms with van der Waals surface area (Å²) in [6.07, 6.45) is 3.62. The van der Waals surface area contributed by atoms with E-state index in [1.807, 2.05) is 60.7 Å². The number of aromatic amines is 1. The van der Waals surface area contributed by atoms with Crippen LogP contribution < -0.4 is 4.18 Å². The second-order valence-electron chi connectivity index (χ2n) is 6.94. The number of aromatic nitrogens is 3. The molecule has 6 nitrogen and oxygen atoms in total. The quantitative estimate of drug-likeness (QED) is 0.313. The zero-order valence-corrected chi connectivity index (χ0v) is 17.1. The summed E-state index contributed by atoms with van der Waals surface area (Å²) in [7, 11) is -4.12. The largest absolute Gasteiger partial charge is 0.376 e. The van der Waals surface area contributed by atoms with Crippen molar-refractivity contribution in [3.05, 3.63) is 96.1 Å². The molecule has 1 heterocycles. The van der Waals surface area contributed by atoms with Crippen LogP contribution in [0.4, 0.5) is 0 Å². The minimum Gasteiger partial charge on any atom is -0.376 e. The molecule has 0 unspecified atom stereocenters. The van der Waals surface area contributed by atoms with E-state index < -0.39 is 10.1 Å². The highest BCUT2D eigenvalue weighted by Gasteiger charge is 2.22. The van der Waals surface area contributed by atoms with Crippen molar-refractivity contribution in [1.29, 1.82) is 0 Å². The molecule has 1 N–H and O–H groups in total. The normalized spacial score (nSPS) is 12.0. The lowest BCUT2D eigenvalue weighted by molar-refractivity contribution is 0.488. The fourth-order valence-electron chi connectivity index (χ4n) is 3.46. The summed E-state index contributed by atoms with van der Waals surface area (Å²) < 4.78 is 32.0. The van der Waals surface area contributed by atoms with Crippen molar-refractivity contribution in [3.63, 3.8) is 0 Å². The van der Waals surface area contributed by atoms with E-state index in [0.717, 1.165) is 16.3 Å². The molecule has 5 aromatic rings. The average Bonchev–Trinajstić information content (AvgIpc) is 3.29. The van der Waals surface area contributed by atoms with E-state index in [4.69, 9.17) is 4.18 Å². The van der Waals surface area contributed by atoms with Gasteiger partial charge >= 0.3 is 10.1 Å². The molecule has 0 amide bonds. The van der Waals surface area contributed by atoms with Crippen LogP contribution in [0.5, 0.6) is 5.75 Å². The first-order valence-electron chi connectivity index (χ1n) is 9.61. The van der Waals surface area contributed by atoms with Gasteiger partial charge in [-0.25, -0.2) is 0 Å². The minimum atomic E-state index is -4.12. The Balaban J connectivity index is 1.57. The maximum atomic E-state index is 13.2. The smallest absolute Gasteiger partial charge is 0.339 e. The molecule has 0 bridgehead atoms. The van der Waals surface area contributed by atoms with E-state index in [-0.39, 0.29) is 10.6 Å². The maximum Gasteiger partial charge on any atom is 0.339 e. The number of H-pyrrole nitrogens is 1. The van der Waals surface area contributed by atoms with Gasteiger partial charge in [0.1, 0.15) is 10.4 Å². The van der Waals surface area contributed by atoms with E-state index in [1.165, 1.54) is 6.07 Å². The molecule has 0 saturated heterocycles. The first kappa shape index (κ1) is 19.0. The third-order valence-electron chi connectivity index (χ3n) is 4.93. The van der Waals surface area contributed by atoms with Crippen LogP contribution in [-0.2, 0) is 10.1 Å². The van der Waals surface area contributed by atoms with Gasteiger partial charge in [-0.2, -0.15) is 23.8 Å². The fraction of sp³-hybridized carbons (Fsp3) is 0. The number of fused-ring (bicyclic) bond motifs is 3. The van der Waals surface area contributed by atoms with Gasteiger partial charge in [0, 0.05) is 5.39 Å².